The highest BCUT2D eigenvalue weighted by molar-refractivity contribution is 7.91. The minimum Gasteiger partial charge on any atom is -0.301 e. The zero-order valence-electron chi connectivity index (χ0n) is 8.41. The highest BCUT2D eigenvalue weighted by Gasteiger charge is 2.20. The van der Waals surface area contributed by atoms with Crippen molar-refractivity contribution in [1.29, 1.82) is 0 Å². The lowest BCUT2D eigenvalue weighted by molar-refractivity contribution is 0.289. The van der Waals surface area contributed by atoms with Gasteiger partial charge in [0.05, 0.1) is 11.5 Å². The number of nitrogens with zero attached hydrogens (tertiary/aromatic N) is 1. The molecule has 1 heterocycles. The average molecular weight is 240 g/mol. The van der Waals surface area contributed by atoms with E-state index < -0.39 is 9.84 Å². The molecule has 0 N–H and O–H groups in total. The summed E-state index contributed by atoms with van der Waals surface area (Å²) in [4.78, 5) is 2.23. The summed E-state index contributed by atoms with van der Waals surface area (Å²) in [5, 5.41) is 0. The predicted octanol–water partition coefficient (Wildman–Crippen LogP) is 1.13. The first-order valence-corrected chi connectivity index (χ1v) is 7.48. The molecule has 5 heteroatoms. The Bertz CT molecular complexity index is 240. The maximum atomic E-state index is 11.1. The van der Waals surface area contributed by atoms with Crippen LogP contribution in [0.25, 0.3) is 0 Å². The fourth-order valence-corrected chi connectivity index (χ4v) is 3.05. The monoisotopic (exact) mass is 239 g/mol. The van der Waals surface area contributed by atoms with Crippen LogP contribution in [0.2, 0.25) is 0 Å². The molecule has 1 saturated heterocycles. The van der Waals surface area contributed by atoms with E-state index in [4.69, 9.17) is 11.6 Å². The molecule has 3 nitrogen and oxygen atoms in total. The first kappa shape index (κ1) is 12.3. The summed E-state index contributed by atoms with van der Waals surface area (Å²) >= 11 is 5.57. The van der Waals surface area contributed by atoms with Crippen molar-refractivity contribution in [2.75, 3.05) is 37.0 Å². The summed E-state index contributed by atoms with van der Waals surface area (Å²) in [6, 6.07) is 0. The zero-order chi connectivity index (χ0) is 10.4. The molecule has 84 valence electrons. The first-order chi connectivity index (χ1) is 6.64. The number of rotatable bonds is 5. The Kier molecular flexibility index (Phi) is 5.20. The van der Waals surface area contributed by atoms with Crippen molar-refractivity contribution in [2.24, 2.45) is 0 Å². The number of sulfone groups is 1. The van der Waals surface area contributed by atoms with Gasteiger partial charge in [0, 0.05) is 19.0 Å². The van der Waals surface area contributed by atoms with Crippen LogP contribution in [-0.4, -0.2) is 50.3 Å². The van der Waals surface area contributed by atoms with Crippen molar-refractivity contribution in [2.45, 2.75) is 19.3 Å². The molecular weight excluding hydrogens is 222 g/mol. The highest BCUT2D eigenvalue weighted by atomic mass is 35.5. The van der Waals surface area contributed by atoms with E-state index in [2.05, 4.69) is 4.90 Å². The van der Waals surface area contributed by atoms with Gasteiger partial charge < -0.3 is 4.90 Å². The van der Waals surface area contributed by atoms with E-state index in [9.17, 15) is 8.42 Å². The molecule has 0 radical (unpaired) electrons. The van der Waals surface area contributed by atoms with E-state index in [1.165, 1.54) is 0 Å². The van der Waals surface area contributed by atoms with E-state index in [-0.39, 0.29) is 0 Å². The van der Waals surface area contributed by atoms with Crippen molar-refractivity contribution in [3.05, 3.63) is 0 Å². The summed E-state index contributed by atoms with van der Waals surface area (Å²) in [5.74, 6) is 1.40. The fourth-order valence-electron chi connectivity index (χ4n) is 1.58. The van der Waals surface area contributed by atoms with Crippen LogP contribution in [0.1, 0.15) is 19.3 Å². The zero-order valence-corrected chi connectivity index (χ0v) is 9.99. The molecule has 0 atom stereocenters. The number of hydrogen-bond donors (Lipinski definition) is 0. The Morgan fingerprint density at radius 3 is 2.29 bits per heavy atom. The molecule has 0 spiro atoms. The Morgan fingerprint density at radius 2 is 1.71 bits per heavy atom. The molecule has 1 rings (SSSR count). The summed E-state index contributed by atoms with van der Waals surface area (Å²) < 4.78 is 22.3. The van der Waals surface area contributed by atoms with Gasteiger partial charge in [0.15, 0.2) is 9.84 Å². The molecule has 0 aromatic heterocycles. The lowest BCUT2D eigenvalue weighted by atomic mass is 10.2. The molecule has 1 aliphatic rings. The van der Waals surface area contributed by atoms with Gasteiger partial charge in [-0.05, 0) is 19.4 Å². The Hall–Kier alpha value is 0.200. The maximum Gasteiger partial charge on any atom is 0.152 e. The molecule has 0 aliphatic carbocycles. The van der Waals surface area contributed by atoms with Crippen LogP contribution in [0.15, 0.2) is 0 Å². The van der Waals surface area contributed by atoms with Gasteiger partial charge in [-0.2, -0.15) is 0 Å². The smallest absolute Gasteiger partial charge is 0.152 e. The van der Waals surface area contributed by atoms with E-state index in [0.717, 1.165) is 31.7 Å². The Labute approximate surface area is 91.3 Å². The molecular formula is C9H18ClNO2S. The summed E-state index contributed by atoms with van der Waals surface area (Å²) in [7, 11) is -2.71. The first-order valence-electron chi connectivity index (χ1n) is 5.13. The summed E-state index contributed by atoms with van der Waals surface area (Å²) in [6.07, 6.45) is 3.34. The number of halogens is 1. The Balaban J connectivity index is 2.10. The molecule has 0 amide bonds. The van der Waals surface area contributed by atoms with Gasteiger partial charge in [0.25, 0.3) is 0 Å². The van der Waals surface area contributed by atoms with E-state index >= 15 is 0 Å². The molecule has 1 fully saturated rings. The molecule has 14 heavy (non-hydrogen) atoms. The summed E-state index contributed by atoms with van der Waals surface area (Å²) in [6.45, 7) is 2.44. The molecule has 0 unspecified atom stereocenters. The maximum absolute atomic E-state index is 11.1. The van der Waals surface area contributed by atoms with E-state index in [1.54, 1.807) is 0 Å². The van der Waals surface area contributed by atoms with Gasteiger partial charge in [0.2, 0.25) is 0 Å². The van der Waals surface area contributed by atoms with Crippen LogP contribution >= 0.6 is 11.6 Å². The molecule has 0 aromatic rings. The quantitative estimate of drug-likeness (QED) is 0.533. The molecule has 1 aliphatic heterocycles. The van der Waals surface area contributed by atoms with Gasteiger partial charge in [-0.15, -0.1) is 11.6 Å². The predicted molar refractivity (Wildman–Crippen MR) is 59.7 cm³/mol. The topological polar surface area (TPSA) is 37.4 Å². The van der Waals surface area contributed by atoms with Crippen molar-refractivity contribution in [1.82, 2.24) is 4.90 Å². The van der Waals surface area contributed by atoms with Gasteiger partial charge >= 0.3 is 0 Å². The second-order valence-electron chi connectivity index (χ2n) is 3.74. The van der Waals surface area contributed by atoms with Gasteiger partial charge in [-0.3, -0.25) is 0 Å². The molecule has 0 saturated carbocycles. The van der Waals surface area contributed by atoms with Gasteiger partial charge in [-0.1, -0.05) is 6.42 Å². The highest BCUT2D eigenvalue weighted by Crippen LogP contribution is 2.06. The van der Waals surface area contributed by atoms with Crippen LogP contribution in [0, 0.1) is 0 Å². The SMILES string of the molecule is O=S1(=O)CCN(CCCCCCl)CC1. The fraction of sp³-hybridized carbons (Fsp3) is 1.00. The second kappa shape index (κ2) is 5.93. The standard InChI is InChI=1S/C9H18ClNO2S/c10-4-2-1-3-5-11-6-8-14(12,13)9-7-11/h1-9H2. The number of alkyl halides is 1. The third kappa shape index (κ3) is 4.62. The lowest BCUT2D eigenvalue weighted by Gasteiger charge is -2.26. The van der Waals surface area contributed by atoms with Gasteiger partial charge in [-0.25, -0.2) is 8.42 Å². The third-order valence-electron chi connectivity index (χ3n) is 2.55. The van der Waals surface area contributed by atoms with Crippen molar-refractivity contribution in [3.8, 4) is 0 Å². The molecule has 0 aromatic carbocycles. The summed E-state index contributed by atoms with van der Waals surface area (Å²) in [5.41, 5.74) is 0. The van der Waals surface area contributed by atoms with Gasteiger partial charge in [0.1, 0.15) is 0 Å². The van der Waals surface area contributed by atoms with Crippen LogP contribution in [-0.2, 0) is 9.84 Å². The number of unbranched alkanes of at least 4 members (excludes halogenated alkanes) is 2. The average Bonchev–Trinajstić information content (AvgIpc) is 2.15. The Morgan fingerprint density at radius 1 is 1.07 bits per heavy atom. The van der Waals surface area contributed by atoms with Crippen molar-refractivity contribution < 1.29 is 8.42 Å². The lowest BCUT2D eigenvalue weighted by Crippen LogP contribution is -2.40. The van der Waals surface area contributed by atoms with Crippen LogP contribution in [0.3, 0.4) is 0 Å². The van der Waals surface area contributed by atoms with Crippen LogP contribution in [0.5, 0.6) is 0 Å². The van der Waals surface area contributed by atoms with Crippen LogP contribution in [0.4, 0.5) is 0 Å². The van der Waals surface area contributed by atoms with Crippen molar-refractivity contribution in [3.63, 3.8) is 0 Å². The second-order valence-corrected chi connectivity index (χ2v) is 6.42. The molecule has 0 bridgehead atoms. The number of hydrogen-bond acceptors (Lipinski definition) is 3. The minimum absolute atomic E-state index is 0.336. The van der Waals surface area contributed by atoms with E-state index in [1.807, 2.05) is 0 Å². The normalized spacial score (nSPS) is 22.4. The third-order valence-corrected chi connectivity index (χ3v) is 4.42. The van der Waals surface area contributed by atoms with Crippen LogP contribution < -0.4 is 0 Å². The largest absolute Gasteiger partial charge is 0.301 e. The van der Waals surface area contributed by atoms with Crippen molar-refractivity contribution >= 4 is 21.4 Å². The van der Waals surface area contributed by atoms with E-state index in [0.29, 0.717) is 24.6 Å². The minimum atomic E-state index is -2.71.